The fourth-order valence-corrected chi connectivity index (χ4v) is 3.40. The number of pyridine rings is 1. The van der Waals surface area contributed by atoms with Gasteiger partial charge in [-0.2, -0.15) is 0 Å². The molecule has 0 unspecified atom stereocenters. The standard InChI is InChI=1S/C21H15Cl2N3/c22-16-8-9-17(18(23)12-16)21-20(15-6-2-1-3-7-15)25-19(26-21)11-14-5-4-10-24-13-14/h1-10,12-13H,11H2,(H,25,26). The van der Waals surface area contributed by atoms with Crippen LogP contribution in [0.2, 0.25) is 10.0 Å². The molecule has 4 rings (SSSR count). The number of nitrogens with zero attached hydrogens (tertiary/aromatic N) is 2. The minimum atomic E-state index is 0.589. The van der Waals surface area contributed by atoms with Gasteiger partial charge in [0.15, 0.2) is 0 Å². The van der Waals surface area contributed by atoms with Crippen molar-refractivity contribution < 1.29 is 0 Å². The summed E-state index contributed by atoms with van der Waals surface area (Å²) in [5.74, 6) is 0.859. The Morgan fingerprint density at radius 1 is 0.923 bits per heavy atom. The summed E-state index contributed by atoms with van der Waals surface area (Å²) in [7, 11) is 0. The van der Waals surface area contributed by atoms with Crippen molar-refractivity contribution in [3.8, 4) is 22.5 Å². The molecule has 26 heavy (non-hydrogen) atoms. The summed E-state index contributed by atoms with van der Waals surface area (Å²) in [5.41, 5.74) is 4.75. The van der Waals surface area contributed by atoms with Gasteiger partial charge in [0.05, 0.1) is 16.4 Å². The third kappa shape index (κ3) is 3.50. The van der Waals surface area contributed by atoms with Crippen molar-refractivity contribution in [2.24, 2.45) is 0 Å². The molecule has 128 valence electrons. The van der Waals surface area contributed by atoms with E-state index in [9.17, 15) is 0 Å². The van der Waals surface area contributed by atoms with Crippen molar-refractivity contribution in [3.05, 3.63) is 94.5 Å². The van der Waals surface area contributed by atoms with Crippen LogP contribution in [0, 0.1) is 0 Å². The summed E-state index contributed by atoms with van der Waals surface area (Å²) in [4.78, 5) is 12.5. The van der Waals surface area contributed by atoms with Crippen LogP contribution in [0.25, 0.3) is 22.5 Å². The molecule has 0 aliphatic heterocycles. The molecule has 0 saturated heterocycles. The average Bonchev–Trinajstić information content (AvgIpc) is 3.07. The van der Waals surface area contributed by atoms with Crippen molar-refractivity contribution in [3.63, 3.8) is 0 Å². The zero-order valence-electron chi connectivity index (χ0n) is 13.8. The Balaban J connectivity index is 1.83. The number of hydrogen-bond donors (Lipinski definition) is 1. The monoisotopic (exact) mass is 379 g/mol. The summed E-state index contributed by atoms with van der Waals surface area (Å²) >= 11 is 12.5. The predicted molar refractivity (Wildman–Crippen MR) is 107 cm³/mol. The molecule has 5 heteroatoms. The van der Waals surface area contributed by atoms with Crippen LogP contribution in [-0.4, -0.2) is 15.0 Å². The molecule has 0 aliphatic carbocycles. The van der Waals surface area contributed by atoms with Gasteiger partial charge in [0, 0.05) is 35.0 Å². The zero-order valence-corrected chi connectivity index (χ0v) is 15.3. The van der Waals surface area contributed by atoms with E-state index in [0.29, 0.717) is 16.5 Å². The lowest BCUT2D eigenvalue weighted by atomic mass is 10.1. The van der Waals surface area contributed by atoms with E-state index in [0.717, 1.165) is 33.9 Å². The van der Waals surface area contributed by atoms with Gasteiger partial charge in [-0.25, -0.2) is 4.98 Å². The molecular formula is C21H15Cl2N3. The smallest absolute Gasteiger partial charge is 0.111 e. The SMILES string of the molecule is Clc1ccc(-c2[nH]c(Cc3cccnc3)nc2-c2ccccc2)c(Cl)c1. The van der Waals surface area contributed by atoms with Gasteiger partial charge in [-0.15, -0.1) is 0 Å². The average molecular weight is 380 g/mol. The second-order valence-corrected chi connectivity index (χ2v) is 6.78. The Hall–Kier alpha value is -2.62. The van der Waals surface area contributed by atoms with Crippen LogP contribution >= 0.6 is 23.2 Å². The lowest BCUT2D eigenvalue weighted by molar-refractivity contribution is 1.02. The van der Waals surface area contributed by atoms with Crippen LogP contribution in [0.1, 0.15) is 11.4 Å². The number of aromatic amines is 1. The van der Waals surface area contributed by atoms with Gasteiger partial charge >= 0.3 is 0 Å². The Kier molecular flexibility index (Phi) is 4.74. The van der Waals surface area contributed by atoms with E-state index < -0.39 is 0 Å². The van der Waals surface area contributed by atoms with Crippen molar-refractivity contribution in [2.75, 3.05) is 0 Å². The van der Waals surface area contributed by atoms with Crippen molar-refractivity contribution in [2.45, 2.75) is 6.42 Å². The lowest BCUT2D eigenvalue weighted by Gasteiger charge is -2.06. The van der Waals surface area contributed by atoms with Crippen LogP contribution < -0.4 is 0 Å². The number of hydrogen-bond acceptors (Lipinski definition) is 2. The number of nitrogens with one attached hydrogen (secondary N) is 1. The molecule has 0 bridgehead atoms. The van der Waals surface area contributed by atoms with E-state index in [1.54, 1.807) is 12.3 Å². The highest BCUT2D eigenvalue weighted by Gasteiger charge is 2.16. The van der Waals surface area contributed by atoms with Crippen molar-refractivity contribution in [1.29, 1.82) is 0 Å². The van der Waals surface area contributed by atoms with Crippen LogP contribution in [0.3, 0.4) is 0 Å². The first kappa shape index (κ1) is 16.8. The van der Waals surface area contributed by atoms with E-state index in [-0.39, 0.29) is 0 Å². The second-order valence-electron chi connectivity index (χ2n) is 5.94. The van der Waals surface area contributed by atoms with Gasteiger partial charge in [-0.05, 0) is 29.8 Å². The van der Waals surface area contributed by atoms with Gasteiger partial charge in [0.25, 0.3) is 0 Å². The number of halogens is 2. The first-order chi connectivity index (χ1) is 12.7. The molecule has 0 fully saturated rings. The predicted octanol–water partition coefficient (Wildman–Crippen LogP) is 6.04. The zero-order chi connectivity index (χ0) is 17.9. The molecule has 0 atom stereocenters. The molecule has 3 nitrogen and oxygen atoms in total. The lowest BCUT2D eigenvalue weighted by Crippen LogP contribution is -1.91. The Bertz CT molecular complexity index is 1030. The molecule has 0 spiro atoms. The van der Waals surface area contributed by atoms with Crippen molar-refractivity contribution >= 4 is 23.2 Å². The largest absolute Gasteiger partial charge is 0.341 e. The number of rotatable bonds is 4. The topological polar surface area (TPSA) is 41.6 Å². The third-order valence-corrected chi connectivity index (χ3v) is 4.64. The minimum absolute atomic E-state index is 0.589. The van der Waals surface area contributed by atoms with Crippen LogP contribution in [0.5, 0.6) is 0 Å². The first-order valence-corrected chi connectivity index (χ1v) is 8.95. The fraction of sp³-hybridized carbons (Fsp3) is 0.0476. The highest BCUT2D eigenvalue weighted by molar-refractivity contribution is 6.36. The van der Waals surface area contributed by atoms with Gasteiger partial charge in [0.1, 0.15) is 5.82 Å². The van der Waals surface area contributed by atoms with Gasteiger partial charge in [-0.1, -0.05) is 59.6 Å². The summed E-state index contributed by atoms with van der Waals surface area (Å²) in [6.45, 7) is 0. The summed E-state index contributed by atoms with van der Waals surface area (Å²) in [6, 6.07) is 19.5. The molecule has 2 aromatic heterocycles. The van der Waals surface area contributed by atoms with Gasteiger partial charge in [-0.3, -0.25) is 4.98 Å². The maximum Gasteiger partial charge on any atom is 0.111 e. The molecular weight excluding hydrogens is 365 g/mol. The third-order valence-electron chi connectivity index (χ3n) is 4.09. The van der Waals surface area contributed by atoms with E-state index in [2.05, 4.69) is 9.97 Å². The molecule has 1 N–H and O–H groups in total. The van der Waals surface area contributed by atoms with Gasteiger partial charge in [0.2, 0.25) is 0 Å². The van der Waals surface area contributed by atoms with Crippen LogP contribution in [0.15, 0.2) is 73.1 Å². The van der Waals surface area contributed by atoms with Crippen molar-refractivity contribution in [1.82, 2.24) is 15.0 Å². The maximum absolute atomic E-state index is 6.45. The molecule has 0 aliphatic rings. The summed E-state index contributed by atoms with van der Waals surface area (Å²) in [5, 5.41) is 1.20. The molecule has 0 amide bonds. The Labute approximate surface area is 161 Å². The minimum Gasteiger partial charge on any atom is -0.341 e. The molecule has 2 heterocycles. The molecule has 0 saturated carbocycles. The molecule has 2 aromatic carbocycles. The van der Waals surface area contributed by atoms with Gasteiger partial charge < -0.3 is 4.98 Å². The number of H-pyrrole nitrogens is 1. The number of benzene rings is 2. The number of imidazole rings is 1. The second kappa shape index (κ2) is 7.32. The number of aromatic nitrogens is 3. The van der Waals surface area contributed by atoms with E-state index >= 15 is 0 Å². The van der Waals surface area contributed by atoms with E-state index in [1.165, 1.54) is 0 Å². The molecule has 4 aromatic rings. The normalized spacial score (nSPS) is 10.8. The highest BCUT2D eigenvalue weighted by Crippen LogP contribution is 2.35. The summed E-state index contributed by atoms with van der Waals surface area (Å²) in [6.07, 6.45) is 4.28. The highest BCUT2D eigenvalue weighted by atomic mass is 35.5. The van der Waals surface area contributed by atoms with E-state index in [4.69, 9.17) is 28.2 Å². The maximum atomic E-state index is 6.45. The quantitative estimate of drug-likeness (QED) is 0.469. The fourth-order valence-electron chi connectivity index (χ4n) is 2.89. The molecule has 0 radical (unpaired) electrons. The van der Waals surface area contributed by atoms with E-state index in [1.807, 2.05) is 60.8 Å². The first-order valence-electron chi connectivity index (χ1n) is 8.19. The Morgan fingerprint density at radius 2 is 1.77 bits per heavy atom. The summed E-state index contributed by atoms with van der Waals surface area (Å²) < 4.78 is 0. The Morgan fingerprint density at radius 3 is 2.50 bits per heavy atom. The van der Waals surface area contributed by atoms with Crippen LogP contribution in [-0.2, 0) is 6.42 Å². The van der Waals surface area contributed by atoms with Crippen LogP contribution in [0.4, 0.5) is 0 Å².